The molecule has 9 heteroatoms. The number of hydrogen-bond acceptors (Lipinski definition) is 7. The minimum atomic E-state index is -0.296. The van der Waals surface area contributed by atoms with Gasteiger partial charge in [0.2, 0.25) is 23.5 Å². The highest BCUT2D eigenvalue weighted by molar-refractivity contribution is 5.91. The number of carbonyl (C=O) groups is 1. The van der Waals surface area contributed by atoms with Crippen LogP contribution in [-0.2, 0) is 16.0 Å². The average Bonchev–Trinajstić information content (AvgIpc) is 3.19. The highest BCUT2D eigenvalue weighted by atomic mass is 19.1. The summed E-state index contributed by atoms with van der Waals surface area (Å²) in [5, 5.41) is 6.65. The van der Waals surface area contributed by atoms with Crippen molar-refractivity contribution in [3.8, 4) is 17.3 Å². The zero-order chi connectivity index (χ0) is 20.6. The average molecular weight is 400 g/mol. The molecule has 0 spiro atoms. The van der Waals surface area contributed by atoms with E-state index in [1.807, 2.05) is 0 Å². The number of hydrogen-bond donors (Lipinski definition) is 1. The summed E-state index contributed by atoms with van der Waals surface area (Å²) >= 11 is 0. The number of halogens is 1. The van der Waals surface area contributed by atoms with Crippen molar-refractivity contribution in [2.24, 2.45) is 0 Å². The van der Waals surface area contributed by atoms with E-state index < -0.39 is 0 Å². The second-order valence-electron chi connectivity index (χ2n) is 6.22. The van der Waals surface area contributed by atoms with Crippen LogP contribution in [0.3, 0.4) is 0 Å². The van der Waals surface area contributed by atoms with Crippen molar-refractivity contribution in [2.75, 3.05) is 25.6 Å². The first-order valence-corrected chi connectivity index (χ1v) is 9.02. The molecule has 0 fully saturated rings. The summed E-state index contributed by atoms with van der Waals surface area (Å²) in [6.07, 6.45) is 1.98. The maximum absolute atomic E-state index is 13.4. The molecule has 0 saturated carbocycles. The molecule has 2 aromatic heterocycles. The number of anilines is 1. The van der Waals surface area contributed by atoms with E-state index in [4.69, 9.17) is 14.0 Å². The quantitative estimate of drug-likeness (QED) is 0.551. The second-order valence-corrected chi connectivity index (χ2v) is 6.22. The molecule has 1 aromatic carbocycles. The van der Waals surface area contributed by atoms with Crippen molar-refractivity contribution >= 4 is 11.6 Å². The highest BCUT2D eigenvalue weighted by Gasteiger charge is 2.13. The fraction of sp³-hybridized carbons (Fsp3) is 0.300. The van der Waals surface area contributed by atoms with E-state index in [2.05, 4.69) is 20.4 Å². The van der Waals surface area contributed by atoms with Crippen molar-refractivity contribution in [3.05, 3.63) is 53.8 Å². The predicted octanol–water partition coefficient (Wildman–Crippen LogP) is 3.18. The van der Waals surface area contributed by atoms with E-state index in [9.17, 15) is 9.18 Å². The number of aromatic nitrogens is 3. The van der Waals surface area contributed by atoms with E-state index in [1.54, 1.807) is 44.5 Å². The summed E-state index contributed by atoms with van der Waals surface area (Å²) in [4.78, 5) is 20.7. The molecule has 1 N–H and O–H groups in total. The molecule has 3 aromatic rings. The lowest BCUT2D eigenvalue weighted by Gasteiger charge is -2.10. The number of benzene rings is 1. The van der Waals surface area contributed by atoms with Gasteiger partial charge in [0.25, 0.3) is 0 Å². The van der Waals surface area contributed by atoms with Crippen LogP contribution >= 0.6 is 0 Å². The minimum Gasteiger partial charge on any atom is -0.474 e. The number of methoxy groups -OCH3 is 1. The molecule has 2 heterocycles. The summed E-state index contributed by atoms with van der Waals surface area (Å²) in [7, 11) is 1.57. The summed E-state index contributed by atoms with van der Waals surface area (Å²) in [6.45, 7) is 2.40. The van der Waals surface area contributed by atoms with Gasteiger partial charge in [-0.15, -0.1) is 0 Å². The van der Waals surface area contributed by atoms with E-state index in [1.165, 1.54) is 6.07 Å². The van der Waals surface area contributed by atoms with Gasteiger partial charge in [-0.1, -0.05) is 5.16 Å². The number of pyridine rings is 1. The molecule has 0 atom stereocenters. The Balaban J connectivity index is 1.56. The lowest BCUT2D eigenvalue weighted by Crippen LogP contribution is -2.14. The van der Waals surface area contributed by atoms with Crippen molar-refractivity contribution in [1.29, 1.82) is 0 Å². The van der Waals surface area contributed by atoms with Gasteiger partial charge in [-0.3, -0.25) is 4.79 Å². The predicted molar refractivity (Wildman–Crippen MR) is 103 cm³/mol. The molecule has 1 amide bonds. The van der Waals surface area contributed by atoms with Gasteiger partial charge < -0.3 is 19.3 Å². The number of amides is 1. The van der Waals surface area contributed by atoms with E-state index in [0.29, 0.717) is 47.6 Å². The van der Waals surface area contributed by atoms with Gasteiger partial charge in [0.15, 0.2) is 0 Å². The van der Waals surface area contributed by atoms with Gasteiger partial charge in [-0.05, 0) is 42.8 Å². The maximum Gasteiger partial charge on any atom is 0.237 e. The standard InChI is InChI=1S/C20H21FN4O4/c1-13-12-14(5-6-15(13)21)19-24-18(29-25-19)8-7-17(26)23-16-4-3-9-22-20(16)28-11-10-27-2/h3-6,9,12H,7-8,10-11H2,1-2H3,(H,23,26). The Morgan fingerprint density at radius 2 is 2.14 bits per heavy atom. The van der Waals surface area contributed by atoms with Gasteiger partial charge in [0, 0.05) is 31.7 Å². The molecular weight excluding hydrogens is 379 g/mol. The number of nitrogens with zero attached hydrogens (tertiary/aromatic N) is 3. The third-order valence-corrected chi connectivity index (χ3v) is 4.02. The summed E-state index contributed by atoms with van der Waals surface area (Å²) < 4.78 is 29.0. The first-order valence-electron chi connectivity index (χ1n) is 9.02. The van der Waals surface area contributed by atoms with Crippen LogP contribution in [0.1, 0.15) is 17.9 Å². The van der Waals surface area contributed by atoms with Crippen LogP contribution < -0.4 is 10.1 Å². The molecule has 0 aliphatic heterocycles. The Morgan fingerprint density at radius 3 is 2.93 bits per heavy atom. The zero-order valence-corrected chi connectivity index (χ0v) is 16.1. The molecule has 0 saturated heterocycles. The normalized spacial score (nSPS) is 10.7. The van der Waals surface area contributed by atoms with Crippen molar-refractivity contribution < 1.29 is 23.2 Å². The van der Waals surface area contributed by atoms with Crippen molar-refractivity contribution in [1.82, 2.24) is 15.1 Å². The van der Waals surface area contributed by atoms with Crippen LogP contribution in [0, 0.1) is 12.7 Å². The van der Waals surface area contributed by atoms with Crippen LogP contribution in [0.15, 0.2) is 41.1 Å². The molecule has 8 nitrogen and oxygen atoms in total. The minimum absolute atomic E-state index is 0.135. The fourth-order valence-electron chi connectivity index (χ4n) is 2.51. The molecule has 3 rings (SSSR count). The maximum atomic E-state index is 13.4. The Hall–Kier alpha value is -3.33. The lowest BCUT2D eigenvalue weighted by atomic mass is 10.1. The van der Waals surface area contributed by atoms with Gasteiger partial charge in [0.1, 0.15) is 18.1 Å². The highest BCUT2D eigenvalue weighted by Crippen LogP contribution is 2.22. The number of aryl methyl sites for hydroxylation is 2. The first-order chi connectivity index (χ1) is 14.1. The number of carbonyl (C=O) groups excluding carboxylic acids is 1. The van der Waals surface area contributed by atoms with E-state index in [0.717, 1.165) is 0 Å². The SMILES string of the molecule is COCCOc1ncccc1NC(=O)CCc1nc(-c2ccc(F)c(C)c2)no1. The first kappa shape index (κ1) is 20.4. The Morgan fingerprint density at radius 1 is 1.28 bits per heavy atom. The monoisotopic (exact) mass is 400 g/mol. The summed E-state index contributed by atoms with van der Waals surface area (Å²) in [5.74, 6) is 0.455. The van der Waals surface area contributed by atoms with Crippen LogP contribution in [0.5, 0.6) is 5.88 Å². The van der Waals surface area contributed by atoms with Crippen LogP contribution in [-0.4, -0.2) is 41.4 Å². The van der Waals surface area contributed by atoms with Crippen molar-refractivity contribution in [3.63, 3.8) is 0 Å². The van der Waals surface area contributed by atoms with Crippen LogP contribution in [0.4, 0.5) is 10.1 Å². The van der Waals surface area contributed by atoms with E-state index >= 15 is 0 Å². The number of rotatable bonds is 9. The molecule has 0 radical (unpaired) electrons. The molecule has 0 bridgehead atoms. The Kier molecular flexibility index (Phi) is 6.85. The van der Waals surface area contributed by atoms with Gasteiger partial charge in [-0.2, -0.15) is 4.98 Å². The fourth-order valence-corrected chi connectivity index (χ4v) is 2.51. The Labute approximate surface area is 167 Å². The second kappa shape index (κ2) is 9.74. The van der Waals surface area contributed by atoms with Gasteiger partial charge in [0.05, 0.1) is 6.61 Å². The third-order valence-electron chi connectivity index (χ3n) is 4.02. The molecule has 0 aliphatic rings. The van der Waals surface area contributed by atoms with Gasteiger partial charge in [-0.25, -0.2) is 9.37 Å². The van der Waals surface area contributed by atoms with Crippen LogP contribution in [0.25, 0.3) is 11.4 Å². The molecule has 0 unspecified atom stereocenters. The molecule has 0 aliphatic carbocycles. The lowest BCUT2D eigenvalue weighted by molar-refractivity contribution is -0.116. The topological polar surface area (TPSA) is 99.4 Å². The molecule has 29 heavy (non-hydrogen) atoms. The largest absolute Gasteiger partial charge is 0.474 e. The molecular formula is C20H21FN4O4. The van der Waals surface area contributed by atoms with E-state index in [-0.39, 0.29) is 24.6 Å². The third kappa shape index (κ3) is 5.58. The Bertz CT molecular complexity index is 977. The van der Waals surface area contributed by atoms with Gasteiger partial charge >= 0.3 is 0 Å². The van der Waals surface area contributed by atoms with Crippen LogP contribution in [0.2, 0.25) is 0 Å². The van der Waals surface area contributed by atoms with Crippen molar-refractivity contribution in [2.45, 2.75) is 19.8 Å². The summed E-state index contributed by atoms with van der Waals surface area (Å²) in [6, 6.07) is 7.98. The number of nitrogens with one attached hydrogen (secondary N) is 1. The zero-order valence-electron chi connectivity index (χ0n) is 16.1. The number of ether oxygens (including phenoxy) is 2. The smallest absolute Gasteiger partial charge is 0.237 e. The molecule has 152 valence electrons. The summed E-state index contributed by atoms with van der Waals surface area (Å²) in [5.41, 5.74) is 1.62.